The van der Waals surface area contributed by atoms with Crippen LogP contribution in [0.5, 0.6) is 0 Å². The Morgan fingerprint density at radius 2 is 2.17 bits per heavy atom. The lowest BCUT2D eigenvalue weighted by molar-refractivity contribution is -0.122. The van der Waals surface area contributed by atoms with Crippen molar-refractivity contribution in [3.63, 3.8) is 0 Å². The topological polar surface area (TPSA) is 90.0 Å². The monoisotopic (exact) mass is 397 g/mol. The summed E-state index contributed by atoms with van der Waals surface area (Å²) in [5.41, 5.74) is 0.799. The minimum atomic E-state index is 0.187. The van der Waals surface area contributed by atoms with Crippen LogP contribution in [0.25, 0.3) is 11.0 Å². The normalized spacial score (nSPS) is 29.6. The molecule has 8 nitrogen and oxygen atoms in total. The molecule has 2 bridgehead atoms. The Balaban J connectivity index is 1.40. The summed E-state index contributed by atoms with van der Waals surface area (Å²) in [6, 6.07) is 1.04. The third-order valence-corrected chi connectivity index (χ3v) is 7.13. The van der Waals surface area contributed by atoms with E-state index >= 15 is 0 Å². The van der Waals surface area contributed by atoms with Crippen molar-refractivity contribution >= 4 is 22.8 Å². The highest BCUT2D eigenvalue weighted by atomic mass is 16.1. The van der Waals surface area contributed by atoms with Crippen LogP contribution < -0.4 is 10.2 Å². The number of carbonyl (C=O) groups excluding carboxylic acids is 1. The number of nitrogens with zero attached hydrogens (tertiary/aromatic N) is 5. The van der Waals surface area contributed by atoms with Crippen molar-refractivity contribution in [3.05, 3.63) is 12.5 Å². The van der Waals surface area contributed by atoms with Gasteiger partial charge in [0.25, 0.3) is 0 Å². The van der Waals surface area contributed by atoms with E-state index in [-0.39, 0.29) is 5.91 Å². The molecular weight excluding hydrogens is 366 g/mol. The van der Waals surface area contributed by atoms with Crippen molar-refractivity contribution in [1.29, 1.82) is 0 Å². The number of aromatic nitrogens is 4. The fourth-order valence-corrected chi connectivity index (χ4v) is 5.90. The van der Waals surface area contributed by atoms with Gasteiger partial charge in [-0.1, -0.05) is 13.3 Å². The van der Waals surface area contributed by atoms with Gasteiger partial charge >= 0.3 is 0 Å². The van der Waals surface area contributed by atoms with Gasteiger partial charge in [0.1, 0.15) is 12.1 Å². The number of fused-ring (bicyclic) bond motifs is 5. The van der Waals surface area contributed by atoms with E-state index in [0.717, 1.165) is 42.9 Å². The predicted molar refractivity (Wildman–Crippen MR) is 112 cm³/mol. The lowest BCUT2D eigenvalue weighted by Crippen LogP contribution is -2.65. The summed E-state index contributed by atoms with van der Waals surface area (Å²) >= 11 is 0. The summed E-state index contributed by atoms with van der Waals surface area (Å²) in [5, 5.41) is 11.4. The number of hydrogen-bond donors (Lipinski definition) is 2. The molecule has 29 heavy (non-hydrogen) atoms. The maximum Gasteiger partial charge on any atom is 0.220 e. The van der Waals surface area contributed by atoms with E-state index in [0.29, 0.717) is 30.3 Å². The average molecular weight is 398 g/mol. The molecule has 3 fully saturated rings. The van der Waals surface area contributed by atoms with Crippen LogP contribution in [0.1, 0.15) is 45.4 Å². The van der Waals surface area contributed by atoms with Crippen LogP contribution in [0.3, 0.4) is 0 Å². The zero-order valence-corrected chi connectivity index (χ0v) is 17.2. The van der Waals surface area contributed by atoms with E-state index in [9.17, 15) is 4.79 Å². The summed E-state index contributed by atoms with van der Waals surface area (Å²) in [4.78, 5) is 26.3. The summed E-state index contributed by atoms with van der Waals surface area (Å²) in [7, 11) is 0. The second-order valence-electron chi connectivity index (χ2n) is 8.91. The first-order chi connectivity index (χ1) is 14.2. The molecule has 0 unspecified atom stereocenters. The number of aromatic amines is 1. The van der Waals surface area contributed by atoms with Gasteiger partial charge in [-0.3, -0.25) is 14.8 Å². The van der Waals surface area contributed by atoms with Crippen LogP contribution >= 0.6 is 0 Å². The van der Waals surface area contributed by atoms with Crippen molar-refractivity contribution in [3.8, 4) is 0 Å². The predicted octanol–water partition coefficient (Wildman–Crippen LogP) is 1.95. The van der Waals surface area contributed by atoms with Gasteiger partial charge in [0.05, 0.1) is 11.6 Å². The molecule has 1 amide bonds. The highest BCUT2D eigenvalue weighted by Gasteiger charge is 2.47. The zero-order chi connectivity index (χ0) is 19.8. The Labute approximate surface area is 171 Å². The minimum absolute atomic E-state index is 0.187. The van der Waals surface area contributed by atoms with E-state index in [1.807, 2.05) is 6.20 Å². The highest BCUT2D eigenvalue weighted by molar-refractivity contribution is 5.86. The maximum absolute atomic E-state index is 12.2. The first kappa shape index (κ1) is 18.8. The fourth-order valence-electron chi connectivity index (χ4n) is 5.90. The Kier molecular flexibility index (Phi) is 5.11. The number of hydrogen-bond acceptors (Lipinski definition) is 6. The summed E-state index contributed by atoms with van der Waals surface area (Å²) in [5.74, 6) is 2.39. The molecule has 2 N–H and O–H groups in total. The van der Waals surface area contributed by atoms with Gasteiger partial charge in [-0.25, -0.2) is 9.97 Å². The lowest BCUT2D eigenvalue weighted by Gasteiger charge is -2.57. The van der Waals surface area contributed by atoms with Gasteiger partial charge < -0.3 is 10.2 Å². The van der Waals surface area contributed by atoms with E-state index in [1.165, 1.54) is 32.2 Å². The number of rotatable bonds is 5. The molecule has 3 aliphatic rings. The van der Waals surface area contributed by atoms with Crippen LogP contribution in [-0.2, 0) is 4.79 Å². The van der Waals surface area contributed by atoms with Gasteiger partial charge in [-0.15, -0.1) is 0 Å². The van der Waals surface area contributed by atoms with Gasteiger partial charge in [0, 0.05) is 38.1 Å². The first-order valence-electron chi connectivity index (χ1n) is 11.2. The van der Waals surface area contributed by atoms with Gasteiger partial charge in [-0.2, -0.15) is 5.10 Å². The molecule has 8 heteroatoms. The van der Waals surface area contributed by atoms with E-state index < -0.39 is 0 Å². The number of nitrogens with one attached hydrogen (secondary N) is 2. The Morgan fingerprint density at radius 3 is 3.07 bits per heavy atom. The van der Waals surface area contributed by atoms with Crippen LogP contribution in [0, 0.1) is 11.8 Å². The minimum Gasteiger partial charge on any atom is -0.355 e. The molecule has 0 radical (unpaired) electrons. The maximum atomic E-state index is 12.2. The first-order valence-corrected chi connectivity index (χ1v) is 11.2. The molecule has 156 valence electrons. The quantitative estimate of drug-likeness (QED) is 0.802. The average Bonchev–Trinajstić information content (AvgIpc) is 3.23. The summed E-state index contributed by atoms with van der Waals surface area (Å²) in [6.45, 7) is 6.02. The molecule has 3 saturated heterocycles. The van der Waals surface area contributed by atoms with Crippen molar-refractivity contribution in [2.24, 2.45) is 11.8 Å². The molecule has 5 rings (SSSR count). The second-order valence-corrected chi connectivity index (χ2v) is 8.91. The lowest BCUT2D eigenvalue weighted by atomic mass is 9.72. The number of carbonyl (C=O) groups is 1. The summed E-state index contributed by atoms with van der Waals surface area (Å²) in [6.07, 6.45) is 10.1. The van der Waals surface area contributed by atoms with Gasteiger partial charge in [-0.05, 0) is 44.1 Å². The van der Waals surface area contributed by atoms with Crippen molar-refractivity contribution in [2.45, 2.75) is 57.5 Å². The Bertz CT molecular complexity index is 868. The number of H-pyrrole nitrogens is 1. The van der Waals surface area contributed by atoms with Crippen LogP contribution in [0.15, 0.2) is 12.5 Å². The molecule has 2 aromatic rings. The van der Waals surface area contributed by atoms with Crippen LogP contribution in [-0.4, -0.2) is 69.2 Å². The highest BCUT2D eigenvalue weighted by Crippen LogP contribution is 2.42. The van der Waals surface area contributed by atoms with Crippen molar-refractivity contribution < 1.29 is 4.79 Å². The van der Waals surface area contributed by atoms with E-state index in [1.54, 1.807) is 6.33 Å². The van der Waals surface area contributed by atoms with Crippen LogP contribution in [0.2, 0.25) is 0 Å². The molecule has 0 saturated carbocycles. The van der Waals surface area contributed by atoms with Crippen molar-refractivity contribution in [1.82, 2.24) is 30.4 Å². The summed E-state index contributed by atoms with van der Waals surface area (Å²) < 4.78 is 0. The molecule has 0 aromatic carbocycles. The Morgan fingerprint density at radius 1 is 1.28 bits per heavy atom. The molecule has 0 aliphatic carbocycles. The van der Waals surface area contributed by atoms with E-state index in [4.69, 9.17) is 0 Å². The number of amides is 1. The molecule has 3 aliphatic heterocycles. The molecule has 5 heterocycles. The molecule has 0 spiro atoms. The van der Waals surface area contributed by atoms with E-state index in [2.05, 4.69) is 42.2 Å². The molecule has 4 atom stereocenters. The third-order valence-electron chi connectivity index (χ3n) is 7.13. The van der Waals surface area contributed by atoms with Crippen molar-refractivity contribution in [2.75, 3.05) is 31.1 Å². The molecule has 2 aromatic heterocycles. The van der Waals surface area contributed by atoms with Gasteiger partial charge in [0.15, 0.2) is 5.65 Å². The Hall–Kier alpha value is -2.22. The van der Waals surface area contributed by atoms with Gasteiger partial charge in [0.2, 0.25) is 5.91 Å². The number of piperidine rings is 3. The SMILES string of the molecule is CCCC(=O)NC[C@H]1[C@H]2C[C@H](CN(c3ncnc4[nH]ncc34)C2)[C@@H]2CCCCN21. The fraction of sp³-hybridized carbons (Fsp3) is 0.714. The standard InChI is InChI=1S/C21H31N7O/c1-2-5-19(29)22-10-18-15-8-14(17-6-3-4-7-28(17)18)11-27(12-15)21-16-9-25-26-20(16)23-13-24-21/h9,13-15,17-18H,2-8,10-12H2,1H3,(H,22,29)(H,23,24,25,26)/t14-,15+,17+,18+/m1/s1. The molecular formula is C21H31N7O. The zero-order valence-electron chi connectivity index (χ0n) is 17.2. The largest absolute Gasteiger partial charge is 0.355 e. The van der Waals surface area contributed by atoms with Crippen LogP contribution in [0.4, 0.5) is 5.82 Å². The third kappa shape index (κ3) is 3.47. The second kappa shape index (κ2) is 7.89. The smallest absolute Gasteiger partial charge is 0.220 e. The number of anilines is 1.